The van der Waals surface area contributed by atoms with Crippen molar-refractivity contribution >= 4 is 28.4 Å². The fourth-order valence-corrected chi connectivity index (χ4v) is 3.86. The van der Waals surface area contributed by atoms with Crippen molar-refractivity contribution in [2.45, 2.75) is 12.8 Å². The highest BCUT2D eigenvalue weighted by Crippen LogP contribution is 2.33. The number of nitrogens with zero attached hydrogens (tertiary/aromatic N) is 3. The van der Waals surface area contributed by atoms with E-state index in [0.29, 0.717) is 31.3 Å². The maximum absolute atomic E-state index is 12.9. The Kier molecular flexibility index (Phi) is 4.63. The summed E-state index contributed by atoms with van der Waals surface area (Å²) in [6.45, 7) is 2.58. The molecule has 1 atom stereocenters. The number of amides is 1. The number of benzene rings is 2. The van der Waals surface area contributed by atoms with Crippen LogP contribution in [0.5, 0.6) is 11.5 Å². The lowest BCUT2D eigenvalue weighted by Gasteiger charge is -2.32. The van der Waals surface area contributed by atoms with Crippen molar-refractivity contribution < 1.29 is 14.3 Å². The standard InChI is InChI=1S/C22H22N4O3/c27-22(24-16-7-8-19-20(12-16)29-11-10-28-19)15-4-3-9-26(14-15)21-13-23-17-5-1-2-6-18(17)25-21/h1-2,5-8,12-13,15H,3-4,9-11,14H2,(H,24,27). The van der Waals surface area contributed by atoms with Crippen LogP contribution in [0.4, 0.5) is 11.5 Å². The summed E-state index contributed by atoms with van der Waals surface area (Å²) in [5.74, 6) is 2.12. The molecule has 2 aliphatic heterocycles. The van der Waals surface area contributed by atoms with Gasteiger partial charge in [0.2, 0.25) is 5.91 Å². The quantitative estimate of drug-likeness (QED) is 0.740. The molecule has 7 nitrogen and oxygen atoms in total. The van der Waals surface area contributed by atoms with Gasteiger partial charge < -0.3 is 19.7 Å². The van der Waals surface area contributed by atoms with Crippen LogP contribution in [0.25, 0.3) is 11.0 Å². The van der Waals surface area contributed by atoms with Crippen molar-refractivity contribution in [2.75, 3.05) is 36.5 Å². The summed E-state index contributed by atoms with van der Waals surface area (Å²) in [5.41, 5.74) is 2.47. The van der Waals surface area contributed by atoms with Crippen molar-refractivity contribution in [3.8, 4) is 11.5 Å². The van der Waals surface area contributed by atoms with Crippen molar-refractivity contribution in [3.63, 3.8) is 0 Å². The summed E-state index contributed by atoms with van der Waals surface area (Å²) in [6.07, 6.45) is 3.59. The number of anilines is 2. The van der Waals surface area contributed by atoms with E-state index in [0.717, 1.165) is 41.9 Å². The molecule has 7 heteroatoms. The molecular formula is C22H22N4O3. The third-order valence-corrected chi connectivity index (χ3v) is 5.36. The lowest BCUT2D eigenvalue weighted by molar-refractivity contribution is -0.120. The van der Waals surface area contributed by atoms with Gasteiger partial charge in [-0.2, -0.15) is 0 Å². The van der Waals surface area contributed by atoms with Gasteiger partial charge in [-0.1, -0.05) is 12.1 Å². The highest BCUT2D eigenvalue weighted by Gasteiger charge is 2.27. The maximum Gasteiger partial charge on any atom is 0.229 e. The van der Waals surface area contributed by atoms with Gasteiger partial charge in [0.15, 0.2) is 11.5 Å². The Bertz CT molecular complexity index is 1060. The smallest absolute Gasteiger partial charge is 0.229 e. The Balaban J connectivity index is 1.29. The van der Waals surface area contributed by atoms with Crippen molar-refractivity contribution in [1.29, 1.82) is 0 Å². The van der Waals surface area contributed by atoms with E-state index < -0.39 is 0 Å². The summed E-state index contributed by atoms with van der Waals surface area (Å²) < 4.78 is 11.1. The molecular weight excluding hydrogens is 368 g/mol. The Morgan fingerprint density at radius 3 is 2.79 bits per heavy atom. The van der Waals surface area contributed by atoms with Gasteiger partial charge in [0, 0.05) is 24.8 Å². The number of carbonyl (C=O) groups excluding carboxylic acids is 1. The molecule has 0 aliphatic carbocycles. The van der Waals surface area contributed by atoms with Crippen LogP contribution in [-0.4, -0.2) is 42.2 Å². The molecule has 29 heavy (non-hydrogen) atoms. The second kappa shape index (κ2) is 7.58. The van der Waals surface area contributed by atoms with E-state index in [9.17, 15) is 4.79 Å². The second-order valence-electron chi connectivity index (χ2n) is 7.35. The average Bonchev–Trinajstić information content (AvgIpc) is 2.79. The Hall–Kier alpha value is -3.35. The predicted molar refractivity (Wildman–Crippen MR) is 111 cm³/mol. The van der Waals surface area contributed by atoms with Gasteiger partial charge in [0.25, 0.3) is 0 Å². The predicted octanol–water partition coefficient (Wildman–Crippen LogP) is 3.26. The lowest BCUT2D eigenvalue weighted by Crippen LogP contribution is -2.41. The van der Waals surface area contributed by atoms with Gasteiger partial charge in [-0.25, -0.2) is 4.98 Å². The molecule has 1 fully saturated rings. The third-order valence-electron chi connectivity index (χ3n) is 5.36. The summed E-state index contributed by atoms with van der Waals surface area (Å²) in [7, 11) is 0. The van der Waals surface area contributed by atoms with Gasteiger partial charge in [0.05, 0.1) is 23.1 Å². The average molecular weight is 390 g/mol. The number of carbonyl (C=O) groups is 1. The summed E-state index contributed by atoms with van der Waals surface area (Å²) in [5, 5.41) is 3.03. The van der Waals surface area contributed by atoms with Crippen LogP contribution in [0.15, 0.2) is 48.7 Å². The Morgan fingerprint density at radius 1 is 1.07 bits per heavy atom. The highest BCUT2D eigenvalue weighted by molar-refractivity contribution is 5.93. The van der Waals surface area contributed by atoms with Crippen LogP contribution in [-0.2, 0) is 4.79 Å². The van der Waals surface area contributed by atoms with Crippen LogP contribution in [0.2, 0.25) is 0 Å². The highest BCUT2D eigenvalue weighted by atomic mass is 16.6. The first-order valence-corrected chi connectivity index (χ1v) is 9.93. The van der Waals surface area contributed by atoms with Crippen molar-refractivity contribution in [1.82, 2.24) is 9.97 Å². The Morgan fingerprint density at radius 2 is 1.90 bits per heavy atom. The van der Waals surface area contributed by atoms with Crippen molar-refractivity contribution in [2.24, 2.45) is 5.92 Å². The normalized spacial score (nSPS) is 18.5. The zero-order chi connectivity index (χ0) is 19.6. The molecule has 5 rings (SSSR count). The zero-order valence-electron chi connectivity index (χ0n) is 16.0. The molecule has 0 saturated carbocycles. The van der Waals surface area contributed by atoms with Crippen LogP contribution in [0, 0.1) is 5.92 Å². The van der Waals surface area contributed by atoms with Crippen LogP contribution in [0.1, 0.15) is 12.8 Å². The van der Waals surface area contributed by atoms with Crippen LogP contribution in [0.3, 0.4) is 0 Å². The number of ether oxygens (including phenoxy) is 2. The van der Waals surface area contributed by atoms with E-state index in [-0.39, 0.29) is 11.8 Å². The molecule has 0 radical (unpaired) electrons. The van der Waals surface area contributed by atoms with E-state index in [1.54, 1.807) is 6.20 Å². The van der Waals surface area contributed by atoms with E-state index in [2.05, 4.69) is 15.2 Å². The molecule has 0 bridgehead atoms. The van der Waals surface area contributed by atoms with Crippen LogP contribution < -0.4 is 19.7 Å². The molecule has 3 heterocycles. The fourth-order valence-electron chi connectivity index (χ4n) is 3.86. The summed E-state index contributed by atoms with van der Waals surface area (Å²) in [6, 6.07) is 13.3. The van der Waals surface area contributed by atoms with Gasteiger partial charge >= 0.3 is 0 Å². The number of piperidine rings is 1. The molecule has 148 valence electrons. The molecule has 2 aromatic carbocycles. The van der Waals surface area contributed by atoms with Gasteiger partial charge in [-0.05, 0) is 37.1 Å². The molecule has 0 spiro atoms. The number of nitrogens with one attached hydrogen (secondary N) is 1. The minimum absolute atomic E-state index is 0.0140. The topological polar surface area (TPSA) is 76.6 Å². The fraction of sp³-hybridized carbons (Fsp3) is 0.318. The molecule has 1 N–H and O–H groups in total. The van der Waals surface area contributed by atoms with Gasteiger partial charge in [0.1, 0.15) is 19.0 Å². The number of fused-ring (bicyclic) bond motifs is 2. The monoisotopic (exact) mass is 390 g/mol. The van der Waals surface area contributed by atoms with E-state index in [1.165, 1.54) is 0 Å². The molecule has 2 aliphatic rings. The minimum atomic E-state index is -0.106. The minimum Gasteiger partial charge on any atom is -0.486 e. The summed E-state index contributed by atoms with van der Waals surface area (Å²) >= 11 is 0. The molecule has 1 saturated heterocycles. The number of rotatable bonds is 3. The van der Waals surface area contributed by atoms with E-state index in [1.807, 2.05) is 42.5 Å². The number of aromatic nitrogens is 2. The van der Waals surface area contributed by atoms with Gasteiger partial charge in [-0.3, -0.25) is 9.78 Å². The molecule has 1 aromatic heterocycles. The molecule has 3 aromatic rings. The third kappa shape index (κ3) is 3.68. The first-order chi connectivity index (χ1) is 14.3. The Labute approximate surface area is 168 Å². The number of hydrogen-bond acceptors (Lipinski definition) is 6. The number of hydrogen-bond donors (Lipinski definition) is 1. The van der Waals surface area contributed by atoms with E-state index in [4.69, 9.17) is 14.5 Å². The van der Waals surface area contributed by atoms with Crippen molar-refractivity contribution in [3.05, 3.63) is 48.7 Å². The first-order valence-electron chi connectivity index (χ1n) is 9.93. The van der Waals surface area contributed by atoms with E-state index >= 15 is 0 Å². The lowest BCUT2D eigenvalue weighted by atomic mass is 9.97. The molecule has 1 unspecified atom stereocenters. The molecule has 1 amide bonds. The second-order valence-corrected chi connectivity index (χ2v) is 7.35. The largest absolute Gasteiger partial charge is 0.486 e. The summed E-state index contributed by atoms with van der Waals surface area (Å²) in [4.78, 5) is 24.3. The first kappa shape index (κ1) is 17.7. The maximum atomic E-state index is 12.9. The zero-order valence-corrected chi connectivity index (χ0v) is 16.0. The SMILES string of the molecule is O=C(Nc1ccc2c(c1)OCCO2)C1CCCN(c2cnc3ccccc3n2)C1. The van der Waals surface area contributed by atoms with Crippen LogP contribution >= 0.6 is 0 Å². The number of para-hydroxylation sites is 2. The van der Waals surface area contributed by atoms with Gasteiger partial charge in [-0.15, -0.1) is 0 Å².